The van der Waals surface area contributed by atoms with Crippen molar-refractivity contribution in [3.63, 3.8) is 0 Å². The minimum Gasteiger partial charge on any atom is -0.383 e. The summed E-state index contributed by atoms with van der Waals surface area (Å²) < 4.78 is 42.4. The fraction of sp³-hybridized carbons (Fsp3) is 0.367. The van der Waals surface area contributed by atoms with Gasteiger partial charge < -0.3 is 19.4 Å². The van der Waals surface area contributed by atoms with Crippen LogP contribution in [0, 0.1) is 12.7 Å². The third-order valence-electron chi connectivity index (χ3n) is 7.87. The maximum Gasteiger partial charge on any atom is 0.320 e. The summed E-state index contributed by atoms with van der Waals surface area (Å²) in [5, 5.41) is 10.9. The number of rotatable bonds is 9. The summed E-state index contributed by atoms with van der Waals surface area (Å²) in [4.78, 5) is 20.0. The molecule has 220 valence electrons. The molecule has 12 heteroatoms. The van der Waals surface area contributed by atoms with Crippen LogP contribution in [0.15, 0.2) is 67.1 Å². The number of ether oxygens (including phenoxy) is 2. The van der Waals surface area contributed by atoms with Gasteiger partial charge >= 0.3 is 6.03 Å². The number of benzene rings is 1. The van der Waals surface area contributed by atoms with Crippen LogP contribution in [-0.2, 0) is 15.1 Å². The van der Waals surface area contributed by atoms with Gasteiger partial charge in [0.2, 0.25) is 0 Å². The number of methoxy groups -OCH3 is 1. The van der Waals surface area contributed by atoms with Crippen molar-refractivity contribution in [3.8, 4) is 16.9 Å². The lowest BCUT2D eigenvalue weighted by molar-refractivity contribution is -0.137. The first-order valence-electron chi connectivity index (χ1n) is 13.8. The number of halogens is 2. The van der Waals surface area contributed by atoms with Crippen LogP contribution < -0.4 is 10.6 Å². The number of aromatic nitrogens is 4. The Kier molecular flexibility index (Phi) is 7.76. The second kappa shape index (κ2) is 11.6. The Morgan fingerprint density at radius 2 is 1.98 bits per heavy atom. The summed E-state index contributed by atoms with van der Waals surface area (Å²) in [5.74, 6) is 0.165. The first kappa shape index (κ1) is 28.0. The molecular formula is C30H33F2N7O3. The second-order valence-electron chi connectivity index (χ2n) is 10.8. The lowest BCUT2D eigenvalue weighted by atomic mass is 9.98. The predicted octanol–water partition coefficient (Wildman–Crippen LogP) is 4.07. The molecule has 2 fully saturated rings. The number of urea groups is 1. The molecule has 0 radical (unpaired) electrons. The highest BCUT2D eigenvalue weighted by atomic mass is 19.1. The van der Waals surface area contributed by atoms with E-state index in [1.54, 1.807) is 40.9 Å². The maximum absolute atomic E-state index is 14.8. The highest BCUT2D eigenvalue weighted by molar-refractivity contribution is 5.91. The summed E-state index contributed by atoms with van der Waals surface area (Å²) in [7, 11) is 1.65. The van der Waals surface area contributed by atoms with Crippen molar-refractivity contribution in [3.05, 3.63) is 84.2 Å². The van der Waals surface area contributed by atoms with E-state index in [4.69, 9.17) is 14.6 Å². The summed E-state index contributed by atoms with van der Waals surface area (Å²) in [6.07, 6.45) is 4.73. The number of hydrogen-bond donors (Lipinski definition) is 2. The van der Waals surface area contributed by atoms with Gasteiger partial charge in [-0.3, -0.25) is 15.2 Å². The largest absolute Gasteiger partial charge is 0.383 e. The van der Waals surface area contributed by atoms with E-state index in [0.717, 1.165) is 11.3 Å². The number of likely N-dealkylation sites (tertiary alicyclic amines) is 1. The summed E-state index contributed by atoms with van der Waals surface area (Å²) >= 11 is 0. The summed E-state index contributed by atoms with van der Waals surface area (Å²) in [6.45, 7) is 4.34. The molecule has 2 aliphatic heterocycles. The Bertz CT molecular complexity index is 1540. The fourth-order valence-corrected chi connectivity index (χ4v) is 5.52. The van der Waals surface area contributed by atoms with Gasteiger partial charge in [0, 0.05) is 56.5 Å². The van der Waals surface area contributed by atoms with Crippen LogP contribution in [0.1, 0.15) is 17.3 Å². The Labute approximate surface area is 242 Å². The normalized spacial score (nSPS) is 19.9. The molecule has 5 heterocycles. The molecule has 2 aliphatic rings. The molecule has 4 aromatic rings. The number of carbonyl (C=O) groups is 1. The topological polar surface area (TPSA) is 98.5 Å². The fourth-order valence-electron chi connectivity index (χ4n) is 5.52. The first-order chi connectivity index (χ1) is 20.3. The number of nitrogens with zero attached hydrogens (tertiary/aromatic N) is 5. The van der Waals surface area contributed by atoms with E-state index >= 15 is 0 Å². The number of anilines is 1. The molecule has 3 aromatic heterocycles. The van der Waals surface area contributed by atoms with Gasteiger partial charge in [0.05, 0.1) is 49.0 Å². The third kappa shape index (κ3) is 5.52. The Morgan fingerprint density at radius 3 is 2.62 bits per heavy atom. The van der Waals surface area contributed by atoms with Gasteiger partial charge in [-0.05, 0) is 37.3 Å². The molecule has 0 bridgehead atoms. The molecule has 42 heavy (non-hydrogen) atoms. The number of pyridine rings is 1. The average molecular weight is 578 g/mol. The molecule has 10 nitrogen and oxygen atoms in total. The first-order valence-corrected chi connectivity index (χ1v) is 13.8. The van der Waals surface area contributed by atoms with Crippen molar-refractivity contribution in [1.29, 1.82) is 0 Å². The van der Waals surface area contributed by atoms with Gasteiger partial charge in [0.1, 0.15) is 11.6 Å². The minimum atomic E-state index is -1.56. The summed E-state index contributed by atoms with van der Waals surface area (Å²) in [6, 6.07) is 13.5. The smallest absolute Gasteiger partial charge is 0.320 e. The number of carbonyl (C=O) groups excluding carboxylic acids is 1. The van der Waals surface area contributed by atoms with Gasteiger partial charge in [-0.2, -0.15) is 5.10 Å². The number of amides is 2. The van der Waals surface area contributed by atoms with E-state index in [1.165, 1.54) is 12.3 Å². The monoisotopic (exact) mass is 577 g/mol. The quantitative estimate of drug-likeness (QED) is 0.311. The number of hydrogen-bond acceptors (Lipinski definition) is 6. The van der Waals surface area contributed by atoms with Gasteiger partial charge in [-0.1, -0.05) is 18.2 Å². The van der Waals surface area contributed by atoms with E-state index in [9.17, 15) is 13.6 Å². The van der Waals surface area contributed by atoms with Crippen LogP contribution in [0.4, 0.5) is 19.4 Å². The Morgan fingerprint density at radius 1 is 1.17 bits per heavy atom. The molecule has 2 amide bonds. The van der Waals surface area contributed by atoms with Crippen molar-refractivity contribution >= 4 is 11.8 Å². The summed E-state index contributed by atoms with van der Waals surface area (Å²) in [5.41, 5.74) is 1.54. The zero-order valence-corrected chi connectivity index (χ0v) is 23.5. The maximum atomic E-state index is 14.8. The van der Waals surface area contributed by atoms with Crippen molar-refractivity contribution in [2.45, 2.75) is 24.7 Å². The SMILES string of the molecule is COCCN1C[C@@H](n2ccc(F)c2)[C@H](NC(=O)Nc2c(C)c(-c3ccc(C4(F)COC4)nc3)nn2-c2ccccc2)C1. The van der Waals surface area contributed by atoms with Crippen LogP contribution in [0.2, 0.25) is 0 Å². The number of alkyl halides is 1. The van der Waals surface area contributed by atoms with Gasteiger partial charge in [-0.25, -0.2) is 18.3 Å². The van der Waals surface area contributed by atoms with Crippen LogP contribution >= 0.6 is 0 Å². The molecule has 2 atom stereocenters. The Hall–Kier alpha value is -4.13. The highest BCUT2D eigenvalue weighted by Crippen LogP contribution is 2.35. The van der Waals surface area contributed by atoms with E-state index in [0.29, 0.717) is 49.0 Å². The van der Waals surface area contributed by atoms with Crippen molar-refractivity contribution in [1.82, 2.24) is 29.5 Å². The van der Waals surface area contributed by atoms with Crippen molar-refractivity contribution in [2.24, 2.45) is 0 Å². The number of para-hydroxylation sites is 1. The molecule has 1 aromatic carbocycles. The lowest BCUT2D eigenvalue weighted by Crippen LogP contribution is -2.43. The molecule has 0 unspecified atom stereocenters. The second-order valence-corrected chi connectivity index (χ2v) is 10.8. The zero-order valence-electron chi connectivity index (χ0n) is 23.5. The van der Waals surface area contributed by atoms with Crippen molar-refractivity contribution < 1.29 is 23.0 Å². The average Bonchev–Trinajstić information content (AvgIpc) is 3.68. The van der Waals surface area contributed by atoms with Gasteiger partial charge in [0.15, 0.2) is 5.67 Å². The van der Waals surface area contributed by atoms with Crippen molar-refractivity contribution in [2.75, 3.05) is 51.9 Å². The van der Waals surface area contributed by atoms with E-state index < -0.39 is 11.7 Å². The molecule has 2 N–H and O–H groups in total. The molecule has 2 saturated heterocycles. The third-order valence-corrected chi connectivity index (χ3v) is 7.87. The van der Waals surface area contributed by atoms with Gasteiger partial charge in [0.25, 0.3) is 0 Å². The number of nitrogens with one attached hydrogen (secondary N) is 2. The molecule has 0 spiro atoms. The van der Waals surface area contributed by atoms with Gasteiger partial charge in [-0.15, -0.1) is 0 Å². The van der Waals surface area contributed by atoms with E-state index in [-0.39, 0.29) is 31.1 Å². The lowest BCUT2D eigenvalue weighted by Gasteiger charge is -2.32. The van der Waals surface area contributed by atoms with Crippen LogP contribution in [0.3, 0.4) is 0 Å². The highest BCUT2D eigenvalue weighted by Gasteiger charge is 2.42. The Balaban J connectivity index is 1.26. The van der Waals surface area contributed by atoms with Crippen LogP contribution in [0.5, 0.6) is 0 Å². The molecule has 0 saturated carbocycles. The minimum absolute atomic E-state index is 0.00451. The molecule has 0 aliphatic carbocycles. The van der Waals surface area contributed by atoms with E-state index in [1.807, 2.05) is 37.3 Å². The van der Waals surface area contributed by atoms with Crippen LogP contribution in [0.25, 0.3) is 16.9 Å². The standard InChI is InChI=1S/C30H33F2N7O3/c1-20-27(21-8-9-26(33-14-21)30(32)18-42-19-30)36-39(23-6-4-3-5-7-23)28(20)35-29(40)34-24-16-37(12-13-41-2)17-25(24)38-11-10-22(31)15-38/h3-11,14-15,24-25H,12-13,16-19H2,1-2H3,(H2,34,35,40)/t24-,25-/m1/s1. The molecule has 6 rings (SSSR count). The predicted molar refractivity (Wildman–Crippen MR) is 153 cm³/mol. The van der Waals surface area contributed by atoms with Crippen LogP contribution in [-0.4, -0.2) is 82.9 Å². The molecular weight excluding hydrogens is 544 g/mol. The zero-order chi connectivity index (χ0) is 29.3. The van der Waals surface area contributed by atoms with E-state index in [2.05, 4.69) is 20.5 Å².